The lowest BCUT2D eigenvalue weighted by Gasteiger charge is -2.49. The number of benzene rings is 1. The van der Waals surface area contributed by atoms with Gasteiger partial charge in [-0.15, -0.1) is 23.4 Å². The maximum Gasteiger partial charge on any atom is 0.573 e. The van der Waals surface area contributed by atoms with E-state index in [1.165, 1.54) is 23.2 Å². The molecule has 2 saturated heterocycles. The highest BCUT2D eigenvalue weighted by Crippen LogP contribution is 2.45. The van der Waals surface area contributed by atoms with Gasteiger partial charge < -0.3 is 14.4 Å². The van der Waals surface area contributed by atoms with Gasteiger partial charge in [0.1, 0.15) is 5.82 Å². The van der Waals surface area contributed by atoms with Gasteiger partial charge in [-0.25, -0.2) is 4.98 Å². The van der Waals surface area contributed by atoms with Gasteiger partial charge in [-0.05, 0) is 48.7 Å². The van der Waals surface area contributed by atoms with Crippen LogP contribution in [-0.4, -0.2) is 69.0 Å². The summed E-state index contributed by atoms with van der Waals surface area (Å²) < 4.78 is 92.4. The molecule has 40 heavy (non-hydrogen) atoms. The number of rotatable bonds is 4. The lowest BCUT2D eigenvalue weighted by Crippen LogP contribution is -2.69. The fourth-order valence-electron chi connectivity index (χ4n) is 5.59. The fourth-order valence-corrected chi connectivity index (χ4v) is 5.78. The van der Waals surface area contributed by atoms with Crippen LogP contribution in [-0.2, 0) is 17.8 Å². The molecule has 15 heteroatoms. The number of nitrogens with zero attached hydrogens (tertiary/aromatic N) is 6. The molecule has 0 saturated carbocycles. The van der Waals surface area contributed by atoms with Crippen molar-refractivity contribution in [1.82, 2.24) is 24.6 Å². The minimum Gasteiger partial charge on any atom is -0.402 e. The number of fused-ring (bicyclic) bond motifs is 3. The van der Waals surface area contributed by atoms with E-state index in [1.54, 1.807) is 27.7 Å². The Morgan fingerprint density at radius 2 is 1.75 bits per heavy atom. The molecule has 0 unspecified atom stereocenters. The Labute approximate surface area is 229 Å². The maximum atomic E-state index is 14.2. The van der Waals surface area contributed by atoms with Gasteiger partial charge in [0.15, 0.2) is 22.9 Å². The van der Waals surface area contributed by atoms with Crippen molar-refractivity contribution >= 4 is 17.4 Å². The zero-order valence-corrected chi connectivity index (χ0v) is 21.6. The second-order valence-electron chi connectivity index (χ2n) is 10.1. The molecule has 5 heterocycles. The fraction of sp³-hybridized carbons (Fsp3) is 0.480. The van der Waals surface area contributed by atoms with Crippen molar-refractivity contribution in [3.05, 3.63) is 58.8 Å². The summed E-state index contributed by atoms with van der Waals surface area (Å²) >= 11 is 6.25. The first-order chi connectivity index (χ1) is 19.0. The van der Waals surface area contributed by atoms with Gasteiger partial charge in [0.25, 0.3) is 0 Å². The number of hydrogen-bond donors (Lipinski definition) is 0. The van der Waals surface area contributed by atoms with Crippen molar-refractivity contribution in [3.8, 4) is 11.4 Å². The summed E-state index contributed by atoms with van der Waals surface area (Å²) in [5.74, 6) is 0.508. The summed E-state index contributed by atoms with van der Waals surface area (Å²) in [6.45, 7) is -0.327. The minimum atomic E-state index is -4.85. The summed E-state index contributed by atoms with van der Waals surface area (Å²) in [7, 11) is 0. The molecule has 3 aliphatic heterocycles. The van der Waals surface area contributed by atoms with Crippen molar-refractivity contribution < 1.29 is 35.8 Å². The van der Waals surface area contributed by atoms with Crippen LogP contribution in [0.25, 0.3) is 5.69 Å². The van der Waals surface area contributed by atoms with Crippen LogP contribution in [0.5, 0.6) is 5.75 Å². The van der Waals surface area contributed by atoms with Gasteiger partial charge >= 0.3 is 12.5 Å². The van der Waals surface area contributed by atoms with Crippen LogP contribution in [0, 0.1) is 0 Å². The van der Waals surface area contributed by atoms with E-state index in [4.69, 9.17) is 16.3 Å². The van der Waals surface area contributed by atoms with Crippen LogP contribution < -0.4 is 9.64 Å². The van der Waals surface area contributed by atoms with Gasteiger partial charge in [0.05, 0.1) is 25.4 Å². The number of aromatic nitrogens is 4. The Hall–Kier alpha value is -3.10. The second kappa shape index (κ2) is 9.77. The number of ether oxygens (including phenoxy) is 2. The van der Waals surface area contributed by atoms with Gasteiger partial charge in [0, 0.05) is 36.8 Å². The van der Waals surface area contributed by atoms with E-state index in [2.05, 4.69) is 19.9 Å². The monoisotopic (exact) mass is 588 g/mol. The van der Waals surface area contributed by atoms with Crippen molar-refractivity contribution in [2.24, 2.45) is 0 Å². The third-order valence-corrected chi connectivity index (χ3v) is 7.92. The van der Waals surface area contributed by atoms with E-state index in [0.717, 1.165) is 0 Å². The molecule has 0 bridgehead atoms. The Balaban J connectivity index is 1.30. The quantitative estimate of drug-likeness (QED) is 0.386. The van der Waals surface area contributed by atoms with Crippen LogP contribution in [0.1, 0.15) is 36.0 Å². The highest BCUT2D eigenvalue weighted by molar-refractivity contribution is 6.30. The molecule has 0 amide bonds. The lowest BCUT2D eigenvalue weighted by molar-refractivity contribution is -0.310. The average Bonchev–Trinajstić information content (AvgIpc) is 3.18. The molecule has 2 fully saturated rings. The molecule has 1 aromatic carbocycles. The first-order valence-electron chi connectivity index (χ1n) is 12.5. The van der Waals surface area contributed by atoms with Crippen molar-refractivity contribution in [2.45, 2.75) is 49.9 Å². The normalized spacial score (nSPS) is 19.9. The van der Waals surface area contributed by atoms with E-state index < -0.39 is 31.3 Å². The highest BCUT2D eigenvalue weighted by Gasteiger charge is 2.64. The average molecular weight is 589 g/mol. The van der Waals surface area contributed by atoms with Gasteiger partial charge in [-0.3, -0.25) is 9.47 Å². The topological polar surface area (TPSA) is 68.5 Å². The standard InChI is InChI=1S/C25H23ClF6N6O2/c26-17-3-4-18-16(10-17)11-37(23(13-39-14-23)24(27,28)29)12-20-34-35-21(38(18)20)15-5-8-36(9-6-15)22-19(2-1-7-33-22)40-25(30,31)32/h1-4,7,10,15H,5-6,8-9,11-14H2. The smallest absolute Gasteiger partial charge is 0.402 e. The van der Waals surface area contributed by atoms with Gasteiger partial charge in [-0.1, -0.05) is 11.6 Å². The molecule has 3 aliphatic rings. The first-order valence-corrected chi connectivity index (χ1v) is 12.9. The Kier molecular flexibility index (Phi) is 6.62. The Morgan fingerprint density at radius 1 is 1.00 bits per heavy atom. The predicted molar refractivity (Wildman–Crippen MR) is 130 cm³/mol. The van der Waals surface area contributed by atoms with Crippen LogP contribution in [0.4, 0.5) is 32.2 Å². The van der Waals surface area contributed by atoms with E-state index in [-0.39, 0.29) is 30.6 Å². The number of alkyl halides is 6. The molecule has 0 atom stereocenters. The number of pyridine rings is 1. The van der Waals surface area contributed by atoms with Crippen LogP contribution >= 0.6 is 11.6 Å². The minimum absolute atomic E-state index is 0.0122. The van der Waals surface area contributed by atoms with Gasteiger partial charge in [0.2, 0.25) is 0 Å². The van der Waals surface area contributed by atoms with E-state index in [0.29, 0.717) is 53.9 Å². The molecule has 2 aromatic heterocycles. The third-order valence-electron chi connectivity index (χ3n) is 7.68. The summed E-state index contributed by atoms with van der Waals surface area (Å²) in [5, 5.41) is 9.10. The van der Waals surface area contributed by atoms with E-state index in [9.17, 15) is 26.3 Å². The molecular weight excluding hydrogens is 566 g/mol. The summed E-state index contributed by atoms with van der Waals surface area (Å²) in [5.41, 5.74) is -0.895. The second-order valence-corrected chi connectivity index (χ2v) is 10.5. The molecule has 0 radical (unpaired) electrons. The molecule has 8 nitrogen and oxygen atoms in total. The zero-order valence-electron chi connectivity index (χ0n) is 20.8. The highest BCUT2D eigenvalue weighted by atomic mass is 35.5. The molecule has 6 rings (SSSR count). The van der Waals surface area contributed by atoms with Crippen molar-refractivity contribution in [1.29, 1.82) is 0 Å². The van der Waals surface area contributed by atoms with Crippen molar-refractivity contribution in [2.75, 3.05) is 31.2 Å². The Morgan fingerprint density at radius 3 is 2.40 bits per heavy atom. The Bertz CT molecular complexity index is 1400. The molecule has 0 N–H and O–H groups in total. The number of piperidine rings is 1. The van der Waals surface area contributed by atoms with E-state index in [1.807, 2.05) is 0 Å². The summed E-state index contributed by atoms with van der Waals surface area (Å²) in [6.07, 6.45) is -6.96. The van der Waals surface area contributed by atoms with E-state index >= 15 is 0 Å². The number of anilines is 1. The van der Waals surface area contributed by atoms with Crippen LogP contribution in [0.2, 0.25) is 5.02 Å². The van der Waals surface area contributed by atoms with Crippen LogP contribution in [0.3, 0.4) is 0 Å². The largest absolute Gasteiger partial charge is 0.573 e. The third kappa shape index (κ3) is 4.75. The molecule has 0 aliphatic carbocycles. The number of hydrogen-bond acceptors (Lipinski definition) is 7. The summed E-state index contributed by atoms with van der Waals surface area (Å²) in [4.78, 5) is 7.15. The summed E-state index contributed by atoms with van der Waals surface area (Å²) in [6, 6.07) is 7.65. The molecular formula is C25H23ClF6N6O2. The zero-order chi connectivity index (χ0) is 28.3. The molecule has 214 valence electrons. The lowest BCUT2D eigenvalue weighted by atomic mass is 9.93. The predicted octanol–water partition coefficient (Wildman–Crippen LogP) is 5.25. The maximum absolute atomic E-state index is 14.2. The molecule has 0 spiro atoms. The molecule has 3 aromatic rings. The number of halogens is 7. The SMILES string of the molecule is FC(F)(F)Oc1cccnc1N1CCC(c2nnc3n2-c2ccc(Cl)cc2CN(C2(C(F)(F)F)COC2)C3)CC1. The van der Waals surface area contributed by atoms with Gasteiger partial charge in [-0.2, -0.15) is 13.2 Å². The van der Waals surface area contributed by atoms with Crippen LogP contribution in [0.15, 0.2) is 36.5 Å². The van der Waals surface area contributed by atoms with Crippen molar-refractivity contribution in [3.63, 3.8) is 0 Å². The first kappa shape index (κ1) is 27.1.